The number of nitrogens with one attached hydrogen (secondary N) is 4. The van der Waals surface area contributed by atoms with Crippen LogP contribution in [0.3, 0.4) is 0 Å². The van der Waals surface area contributed by atoms with Gasteiger partial charge in [0.1, 0.15) is 29.5 Å². The molecule has 3 saturated heterocycles. The van der Waals surface area contributed by atoms with Crippen LogP contribution in [0.25, 0.3) is 44.7 Å². The number of aromatic nitrogens is 5. The van der Waals surface area contributed by atoms with Gasteiger partial charge in [0, 0.05) is 53.3 Å². The number of amides is 4. The summed E-state index contributed by atoms with van der Waals surface area (Å²) in [6.07, 6.45) is 7.43. The van der Waals surface area contributed by atoms with Crippen LogP contribution in [0.2, 0.25) is 0 Å². The smallest absolute Gasteiger partial charge is 0.407 e. The number of ether oxygens (including phenoxy) is 4. The molecule has 5 atom stereocenters. The van der Waals surface area contributed by atoms with E-state index >= 15 is 0 Å². The lowest BCUT2D eigenvalue weighted by Crippen LogP contribution is -2.53. The maximum Gasteiger partial charge on any atom is 0.407 e. The molecule has 0 aliphatic carbocycles. The molecular formula is C52H69N9O8S5. The zero-order valence-corrected chi connectivity index (χ0v) is 47.3. The molecule has 22 heteroatoms. The summed E-state index contributed by atoms with van der Waals surface area (Å²) in [6, 6.07) is 15.3. The Hall–Kier alpha value is -5.26. The minimum absolute atomic E-state index is 0. The average molecular weight is 1110 g/mol. The van der Waals surface area contributed by atoms with E-state index in [1.165, 1.54) is 19.1 Å². The topological polar surface area (TPSA) is 198 Å². The molecule has 4 aliphatic heterocycles. The van der Waals surface area contributed by atoms with E-state index < -0.39 is 30.5 Å². The first-order chi connectivity index (χ1) is 33.9. The molecule has 8 heterocycles. The highest BCUT2D eigenvalue weighted by Crippen LogP contribution is 2.49. The second-order valence-electron chi connectivity index (χ2n) is 19.1. The molecule has 17 nitrogen and oxygen atoms in total. The number of likely N-dealkylation sites (tertiary alicyclic amines) is 2. The van der Waals surface area contributed by atoms with E-state index in [1.54, 1.807) is 11.3 Å². The largest absolute Gasteiger partial charge is 0.464 e. The minimum atomic E-state index is -0.722. The van der Waals surface area contributed by atoms with Crippen LogP contribution < -0.4 is 15.4 Å². The number of benzene rings is 2. The molecule has 1 unspecified atom stereocenters. The Morgan fingerprint density at radius 3 is 2.01 bits per heavy atom. The van der Waals surface area contributed by atoms with Gasteiger partial charge in [-0.2, -0.15) is 54.0 Å². The maximum atomic E-state index is 14.2. The number of carbonyl (C=O) groups excluding carboxylic acids is 4. The third kappa shape index (κ3) is 11.2. The molecule has 4 aromatic heterocycles. The fourth-order valence-corrected chi connectivity index (χ4v) is 11.8. The van der Waals surface area contributed by atoms with E-state index in [4.69, 9.17) is 28.9 Å². The van der Waals surface area contributed by atoms with Gasteiger partial charge in [0.2, 0.25) is 18.0 Å². The lowest BCUT2D eigenvalue weighted by atomic mass is 9.90. The highest BCUT2D eigenvalue weighted by atomic mass is 32.1. The van der Waals surface area contributed by atoms with Gasteiger partial charge >= 0.3 is 12.2 Å². The summed E-state index contributed by atoms with van der Waals surface area (Å²) in [5.74, 6) is 1.71. The van der Waals surface area contributed by atoms with E-state index in [-0.39, 0.29) is 89.7 Å². The van der Waals surface area contributed by atoms with Crippen LogP contribution in [0.4, 0.5) is 9.59 Å². The fourth-order valence-electron chi connectivity index (χ4n) is 10.9. The number of imidazole rings is 2. The van der Waals surface area contributed by atoms with Gasteiger partial charge in [-0.25, -0.2) is 19.6 Å². The Bertz CT molecular complexity index is 2950. The molecule has 4 aliphatic rings. The first-order valence-corrected chi connectivity index (χ1v) is 25.3. The van der Waals surface area contributed by atoms with Crippen molar-refractivity contribution in [2.75, 3.05) is 40.5 Å². The zero-order valence-electron chi connectivity index (χ0n) is 42.5. The van der Waals surface area contributed by atoms with Gasteiger partial charge in [-0.05, 0) is 112 Å². The first kappa shape index (κ1) is 58.0. The van der Waals surface area contributed by atoms with Crippen molar-refractivity contribution in [2.24, 2.45) is 11.8 Å². The SMILES string of the molecule is CCc1ccc(C2Oc3cc(-c4cnc([C@@H]5CCCN5C(=O)[C@@H](NC(=O)OC)C(C)C)[nH]4)cc(C)c3-c3cc4cc(-c5cnc([C@@H]6CCCN6C(=O)[C@@H](NC(=O)OC)C6CCOCC6)[nH]5)ccc4n32)s1.S.S.S.S. The Morgan fingerprint density at radius 1 is 0.784 bits per heavy atom. The quantitative estimate of drug-likeness (QED) is 0.0917. The van der Waals surface area contributed by atoms with Crippen LogP contribution in [-0.2, 0) is 30.2 Å². The number of H-pyrrole nitrogens is 2. The van der Waals surface area contributed by atoms with Gasteiger partial charge in [-0.15, -0.1) is 11.3 Å². The number of hydrogen-bond acceptors (Lipinski definition) is 11. The van der Waals surface area contributed by atoms with E-state index in [0.29, 0.717) is 50.8 Å². The first-order valence-electron chi connectivity index (χ1n) is 24.5. The molecule has 0 radical (unpaired) electrons. The number of aromatic amines is 2. The Morgan fingerprint density at radius 2 is 1.41 bits per heavy atom. The van der Waals surface area contributed by atoms with Crippen LogP contribution in [0.5, 0.6) is 5.75 Å². The van der Waals surface area contributed by atoms with Crippen molar-refractivity contribution in [3.05, 3.63) is 87.9 Å². The normalized spacial score (nSPS) is 18.9. The predicted octanol–water partition coefficient (Wildman–Crippen LogP) is 9.27. The lowest BCUT2D eigenvalue weighted by Gasteiger charge is -2.34. The summed E-state index contributed by atoms with van der Waals surface area (Å²) in [6.45, 7) is 10.3. The fraction of sp³-hybridized carbons (Fsp3) is 0.462. The number of methoxy groups -OCH3 is 2. The summed E-state index contributed by atoms with van der Waals surface area (Å²) in [4.78, 5) is 75.6. The number of thiophene rings is 1. The van der Waals surface area contributed by atoms with E-state index in [1.807, 2.05) is 36.0 Å². The molecule has 3 fully saturated rings. The van der Waals surface area contributed by atoms with Crippen LogP contribution >= 0.6 is 65.3 Å². The summed E-state index contributed by atoms with van der Waals surface area (Å²) in [5, 5.41) is 6.62. The molecule has 0 saturated carbocycles. The molecular weight excluding hydrogens is 1040 g/mol. The van der Waals surface area contributed by atoms with Gasteiger partial charge in [-0.1, -0.05) is 26.8 Å². The summed E-state index contributed by atoms with van der Waals surface area (Å²) < 4.78 is 24.7. The third-order valence-corrected chi connectivity index (χ3v) is 15.8. The monoisotopic (exact) mass is 1110 g/mol. The van der Waals surface area contributed by atoms with Crippen molar-refractivity contribution in [1.29, 1.82) is 0 Å². The number of alkyl carbamates (subject to hydrolysis) is 2. The molecule has 0 spiro atoms. The number of fused-ring (bicyclic) bond motifs is 5. The molecule has 74 heavy (non-hydrogen) atoms. The molecule has 2 aromatic carbocycles. The van der Waals surface area contributed by atoms with Crippen LogP contribution in [-0.4, -0.2) is 111 Å². The van der Waals surface area contributed by atoms with Crippen LogP contribution in [0.1, 0.15) is 105 Å². The van der Waals surface area contributed by atoms with Crippen molar-refractivity contribution in [3.8, 4) is 39.5 Å². The highest BCUT2D eigenvalue weighted by Gasteiger charge is 2.41. The highest BCUT2D eigenvalue weighted by molar-refractivity contribution is 7.59. The number of hydrogen-bond donors (Lipinski definition) is 4. The van der Waals surface area contributed by atoms with Gasteiger partial charge < -0.3 is 49.3 Å². The summed E-state index contributed by atoms with van der Waals surface area (Å²) in [5.41, 5.74) is 7.65. The number of rotatable bonds is 12. The number of nitrogens with zero attached hydrogens (tertiary/aromatic N) is 5. The number of aryl methyl sites for hydroxylation is 2. The van der Waals surface area contributed by atoms with Gasteiger partial charge in [0.25, 0.3) is 0 Å². The number of carbonyl (C=O) groups is 4. The average Bonchev–Trinajstić information content (AvgIpc) is 4.24. The van der Waals surface area contributed by atoms with Gasteiger partial charge in [-0.3, -0.25) is 14.2 Å². The Balaban J connectivity index is 0.00000223. The second-order valence-corrected chi connectivity index (χ2v) is 20.3. The van der Waals surface area contributed by atoms with Crippen LogP contribution in [0, 0.1) is 18.8 Å². The van der Waals surface area contributed by atoms with Crippen molar-refractivity contribution in [3.63, 3.8) is 0 Å². The maximum absolute atomic E-state index is 14.2. The van der Waals surface area contributed by atoms with E-state index in [0.717, 1.165) is 93.0 Å². The van der Waals surface area contributed by atoms with Crippen molar-refractivity contribution >= 4 is 100 Å². The molecule has 6 aromatic rings. The van der Waals surface area contributed by atoms with E-state index in [2.05, 4.69) is 87.5 Å². The Kier molecular flexibility index (Phi) is 19.3. The van der Waals surface area contributed by atoms with Crippen molar-refractivity contribution < 1.29 is 38.1 Å². The van der Waals surface area contributed by atoms with Gasteiger partial charge in [0.15, 0.2) is 0 Å². The van der Waals surface area contributed by atoms with Gasteiger partial charge in [0.05, 0.1) is 66.2 Å². The molecule has 4 N–H and O–H groups in total. The van der Waals surface area contributed by atoms with Crippen molar-refractivity contribution in [2.45, 2.75) is 103 Å². The zero-order chi connectivity index (χ0) is 48.8. The molecule has 10 rings (SSSR count). The standard InChI is InChI=1S/C52H61N9O8S.4H2S/c1-7-34-13-15-42(70-34)50-61-37-14-12-31(35-26-53-46(55-35)39-11-9-19-60(39)49(63)45(58-52(65)67-6)30-16-20-68-21-17-30)23-33(37)24-40(61)43-29(4)22-32(25-41(43)69-50)36-27-54-47(56-36)38-10-8-18-59(38)48(62)44(28(2)3)57-51(64)66-5;;;;/h12-15,22-28,30,38-39,44-45,50H,7-11,16-21H2,1-6H3,(H,53,55)(H,54,56)(H,57,64)(H,58,65);4*1H2/t38-,39-,44-,45-,50?;;;;/m0..../s1. The summed E-state index contributed by atoms with van der Waals surface area (Å²) in [7, 11) is 2.61. The lowest BCUT2D eigenvalue weighted by molar-refractivity contribution is -0.137. The molecule has 400 valence electrons. The van der Waals surface area contributed by atoms with E-state index in [9.17, 15) is 19.2 Å². The molecule has 4 amide bonds. The third-order valence-electron chi connectivity index (χ3n) is 14.5. The van der Waals surface area contributed by atoms with Crippen LogP contribution in [0.15, 0.2) is 60.9 Å². The molecule has 0 bridgehead atoms. The summed E-state index contributed by atoms with van der Waals surface area (Å²) >= 11 is 1.75. The minimum Gasteiger partial charge on any atom is -0.464 e. The van der Waals surface area contributed by atoms with Crippen molar-refractivity contribution in [1.82, 2.24) is 44.9 Å². The second kappa shape index (κ2) is 24.6. The Labute approximate surface area is 463 Å². The predicted molar refractivity (Wildman–Crippen MR) is 306 cm³/mol.